The van der Waals surface area contributed by atoms with Crippen LogP contribution in [-0.4, -0.2) is 8.42 Å². The zero-order valence-electron chi connectivity index (χ0n) is 10.1. The van der Waals surface area contributed by atoms with Crippen molar-refractivity contribution in [1.29, 1.82) is 0 Å². The summed E-state index contributed by atoms with van der Waals surface area (Å²) in [5.41, 5.74) is 8.58. The van der Waals surface area contributed by atoms with Crippen LogP contribution in [0.15, 0.2) is 53.4 Å². The Hall–Kier alpha value is -1.36. The molecule has 1 atom stereocenters. The van der Waals surface area contributed by atoms with E-state index < -0.39 is 9.84 Å². The van der Waals surface area contributed by atoms with Gasteiger partial charge < -0.3 is 5.73 Å². The number of sulfone groups is 1. The van der Waals surface area contributed by atoms with E-state index in [0.717, 1.165) is 11.1 Å². The first-order valence-electron chi connectivity index (χ1n) is 5.75. The topological polar surface area (TPSA) is 60.2 Å². The minimum absolute atomic E-state index is 0. The van der Waals surface area contributed by atoms with E-state index in [-0.39, 0.29) is 24.2 Å². The molecule has 0 saturated carbocycles. The van der Waals surface area contributed by atoms with E-state index in [9.17, 15) is 8.42 Å². The van der Waals surface area contributed by atoms with Crippen molar-refractivity contribution in [2.45, 2.75) is 16.7 Å². The maximum absolute atomic E-state index is 12.3. The number of hydrogen-bond donors (Lipinski definition) is 1. The van der Waals surface area contributed by atoms with Gasteiger partial charge in [-0.05, 0) is 22.8 Å². The summed E-state index contributed by atoms with van der Waals surface area (Å²) >= 11 is 0. The van der Waals surface area contributed by atoms with E-state index in [0.29, 0.717) is 10.5 Å². The Morgan fingerprint density at radius 2 is 1.53 bits per heavy atom. The highest BCUT2D eigenvalue weighted by Crippen LogP contribution is 2.34. The van der Waals surface area contributed by atoms with Crippen LogP contribution in [0.1, 0.15) is 22.7 Å². The molecule has 1 aliphatic rings. The molecule has 0 aliphatic carbocycles. The monoisotopic (exact) mass is 295 g/mol. The van der Waals surface area contributed by atoms with E-state index in [4.69, 9.17) is 5.73 Å². The van der Waals surface area contributed by atoms with Gasteiger partial charge in [0.15, 0.2) is 9.84 Å². The smallest absolute Gasteiger partial charge is 0.182 e. The highest BCUT2D eigenvalue weighted by Gasteiger charge is 2.28. The van der Waals surface area contributed by atoms with Crippen LogP contribution < -0.4 is 5.73 Å². The van der Waals surface area contributed by atoms with Gasteiger partial charge in [0.05, 0.1) is 16.7 Å². The van der Waals surface area contributed by atoms with Crippen LogP contribution in [0, 0.1) is 0 Å². The van der Waals surface area contributed by atoms with E-state index in [1.165, 1.54) is 0 Å². The van der Waals surface area contributed by atoms with Gasteiger partial charge in [-0.15, -0.1) is 12.4 Å². The fraction of sp³-hybridized carbons (Fsp3) is 0.143. The Morgan fingerprint density at radius 1 is 0.947 bits per heavy atom. The molecule has 100 valence electrons. The third-order valence-electron chi connectivity index (χ3n) is 3.32. The molecule has 5 heteroatoms. The van der Waals surface area contributed by atoms with Crippen LogP contribution in [0.4, 0.5) is 0 Å². The van der Waals surface area contributed by atoms with Crippen molar-refractivity contribution in [2.24, 2.45) is 5.73 Å². The van der Waals surface area contributed by atoms with Crippen molar-refractivity contribution in [3.05, 3.63) is 65.2 Å². The first-order valence-corrected chi connectivity index (χ1v) is 7.40. The summed E-state index contributed by atoms with van der Waals surface area (Å²) < 4.78 is 24.7. The average molecular weight is 296 g/mol. The van der Waals surface area contributed by atoms with Gasteiger partial charge in [0.1, 0.15) is 0 Å². The van der Waals surface area contributed by atoms with Gasteiger partial charge in [-0.2, -0.15) is 0 Å². The van der Waals surface area contributed by atoms with Crippen LogP contribution in [0.3, 0.4) is 0 Å². The van der Waals surface area contributed by atoms with Gasteiger partial charge >= 0.3 is 0 Å². The molecule has 0 radical (unpaired) electrons. The van der Waals surface area contributed by atoms with Gasteiger partial charge in [0.2, 0.25) is 0 Å². The molecule has 1 unspecified atom stereocenters. The van der Waals surface area contributed by atoms with Gasteiger partial charge in [0, 0.05) is 0 Å². The van der Waals surface area contributed by atoms with Gasteiger partial charge in [-0.1, -0.05) is 42.5 Å². The fourth-order valence-corrected chi connectivity index (χ4v) is 4.11. The quantitative estimate of drug-likeness (QED) is 0.812. The number of halogens is 1. The first kappa shape index (κ1) is 14.1. The van der Waals surface area contributed by atoms with Crippen LogP contribution in [0.2, 0.25) is 0 Å². The van der Waals surface area contributed by atoms with E-state index in [2.05, 4.69) is 0 Å². The largest absolute Gasteiger partial charge is 0.320 e. The lowest BCUT2D eigenvalue weighted by Crippen LogP contribution is -2.13. The Kier molecular flexibility index (Phi) is 3.67. The van der Waals surface area contributed by atoms with Crippen molar-refractivity contribution < 1.29 is 8.42 Å². The summed E-state index contributed by atoms with van der Waals surface area (Å²) in [5, 5.41) is 0. The van der Waals surface area contributed by atoms with E-state index >= 15 is 0 Å². The lowest BCUT2D eigenvalue weighted by atomic mass is 9.96. The second-order valence-corrected chi connectivity index (χ2v) is 6.43. The molecule has 19 heavy (non-hydrogen) atoms. The summed E-state index contributed by atoms with van der Waals surface area (Å²) in [5.74, 6) is 0.0217. The molecular weight excluding hydrogens is 282 g/mol. The Balaban J connectivity index is 0.00000133. The van der Waals surface area contributed by atoms with Crippen molar-refractivity contribution >= 4 is 22.2 Å². The third kappa shape index (κ3) is 2.27. The van der Waals surface area contributed by atoms with Crippen molar-refractivity contribution in [3.63, 3.8) is 0 Å². The molecule has 0 spiro atoms. The molecule has 2 aromatic rings. The predicted octanol–water partition coefficient (Wildman–Crippen LogP) is 2.44. The average Bonchev–Trinajstić information content (AvgIpc) is 2.45. The molecule has 1 aliphatic heterocycles. The molecule has 3 rings (SSSR count). The number of rotatable bonds is 0. The standard InChI is InChI=1S/C14H13NO2S.ClH/c15-14-11-6-2-1-5-10(11)9-18(16,17)13-8-4-3-7-12(13)14;/h1-8,14H,9,15H2;1H. The Morgan fingerprint density at radius 3 is 2.26 bits per heavy atom. The lowest BCUT2D eigenvalue weighted by molar-refractivity contribution is 0.595. The van der Waals surface area contributed by atoms with Gasteiger partial charge in [0.25, 0.3) is 0 Å². The molecule has 2 N–H and O–H groups in total. The number of fused-ring (bicyclic) bond motifs is 2. The molecule has 0 bridgehead atoms. The number of nitrogens with two attached hydrogens (primary N) is 1. The highest BCUT2D eigenvalue weighted by atomic mass is 35.5. The lowest BCUT2D eigenvalue weighted by Gasteiger charge is -2.13. The summed E-state index contributed by atoms with van der Waals surface area (Å²) in [7, 11) is -3.30. The molecule has 0 aromatic heterocycles. The minimum atomic E-state index is -3.30. The van der Waals surface area contributed by atoms with Gasteiger partial charge in [-0.3, -0.25) is 0 Å². The normalized spacial score (nSPS) is 19.5. The molecule has 1 heterocycles. The maximum Gasteiger partial charge on any atom is 0.182 e. The minimum Gasteiger partial charge on any atom is -0.320 e. The summed E-state index contributed by atoms with van der Waals surface area (Å²) in [6, 6.07) is 14.1. The number of benzene rings is 2. The second kappa shape index (κ2) is 4.96. The van der Waals surface area contributed by atoms with E-state index in [1.54, 1.807) is 18.2 Å². The predicted molar refractivity (Wildman–Crippen MR) is 77.1 cm³/mol. The molecular formula is C14H14ClNO2S. The molecule has 0 fully saturated rings. The second-order valence-electron chi connectivity index (χ2n) is 4.47. The highest BCUT2D eigenvalue weighted by molar-refractivity contribution is 7.90. The van der Waals surface area contributed by atoms with Crippen LogP contribution in [-0.2, 0) is 15.6 Å². The Bertz CT molecular complexity index is 713. The molecule has 0 amide bonds. The summed E-state index contributed by atoms with van der Waals surface area (Å²) in [6.07, 6.45) is 0. The summed E-state index contributed by atoms with van der Waals surface area (Å²) in [6.45, 7) is 0. The number of hydrogen-bond acceptors (Lipinski definition) is 3. The van der Waals surface area contributed by atoms with Crippen LogP contribution >= 0.6 is 12.4 Å². The molecule has 2 aromatic carbocycles. The molecule has 0 saturated heterocycles. The summed E-state index contributed by atoms with van der Waals surface area (Å²) in [4.78, 5) is 0.355. The first-order chi connectivity index (χ1) is 8.59. The Labute approximate surface area is 118 Å². The SMILES string of the molecule is Cl.NC1c2ccccc2CS(=O)(=O)c2ccccc21. The van der Waals surface area contributed by atoms with Crippen molar-refractivity contribution in [1.82, 2.24) is 0 Å². The van der Waals surface area contributed by atoms with Crippen molar-refractivity contribution in [3.8, 4) is 0 Å². The van der Waals surface area contributed by atoms with Crippen molar-refractivity contribution in [2.75, 3.05) is 0 Å². The molecule has 3 nitrogen and oxygen atoms in total. The van der Waals surface area contributed by atoms with Crippen LogP contribution in [0.5, 0.6) is 0 Å². The van der Waals surface area contributed by atoms with Gasteiger partial charge in [-0.25, -0.2) is 8.42 Å². The zero-order valence-corrected chi connectivity index (χ0v) is 11.7. The van der Waals surface area contributed by atoms with Crippen LogP contribution in [0.25, 0.3) is 0 Å². The zero-order chi connectivity index (χ0) is 12.8. The maximum atomic E-state index is 12.3. The fourth-order valence-electron chi connectivity index (χ4n) is 2.44. The third-order valence-corrected chi connectivity index (χ3v) is 5.06. The van der Waals surface area contributed by atoms with E-state index in [1.807, 2.05) is 30.3 Å².